The molecule has 2 unspecified atom stereocenters. The van der Waals surface area contributed by atoms with Gasteiger partial charge in [0.15, 0.2) is 0 Å². The number of rotatable bonds is 5. The molecular weight excluding hydrogens is 232 g/mol. The van der Waals surface area contributed by atoms with Gasteiger partial charge in [-0.15, -0.1) is 11.3 Å². The van der Waals surface area contributed by atoms with E-state index in [-0.39, 0.29) is 6.10 Å². The van der Waals surface area contributed by atoms with Crippen LogP contribution in [-0.4, -0.2) is 44.3 Å². The van der Waals surface area contributed by atoms with Crippen LogP contribution in [0.4, 0.5) is 0 Å². The third-order valence-corrected chi connectivity index (χ3v) is 4.09. The fourth-order valence-electron chi connectivity index (χ4n) is 2.20. The summed E-state index contributed by atoms with van der Waals surface area (Å²) >= 11 is 1.82. The quantitative estimate of drug-likeness (QED) is 0.871. The summed E-state index contributed by atoms with van der Waals surface area (Å²) in [6.45, 7) is 6.15. The lowest BCUT2D eigenvalue weighted by molar-refractivity contribution is -0.0386. The minimum atomic E-state index is 0.277. The average molecular weight is 254 g/mol. The first kappa shape index (κ1) is 13.0. The number of hydrogen-bond acceptors (Lipinski definition) is 4. The van der Waals surface area contributed by atoms with Crippen LogP contribution in [0.1, 0.15) is 24.3 Å². The van der Waals surface area contributed by atoms with Gasteiger partial charge >= 0.3 is 0 Å². The van der Waals surface area contributed by atoms with E-state index in [9.17, 15) is 0 Å². The third-order valence-electron chi connectivity index (χ3n) is 3.13. The molecule has 3 nitrogen and oxygen atoms in total. The van der Waals surface area contributed by atoms with Crippen LogP contribution in [0.3, 0.4) is 0 Å². The van der Waals surface area contributed by atoms with Crippen LogP contribution >= 0.6 is 11.3 Å². The predicted molar refractivity (Wildman–Crippen MR) is 72.6 cm³/mol. The topological polar surface area (TPSA) is 24.5 Å². The molecule has 1 fully saturated rings. The van der Waals surface area contributed by atoms with Crippen molar-refractivity contribution in [3.63, 3.8) is 0 Å². The molecule has 0 spiro atoms. The summed E-state index contributed by atoms with van der Waals surface area (Å²) in [4.78, 5) is 3.74. The Bertz CT molecular complexity index is 315. The Morgan fingerprint density at radius 2 is 2.53 bits per heavy atom. The second kappa shape index (κ2) is 6.50. The number of likely N-dealkylation sites (N-methyl/N-ethyl adjacent to an activating group) is 1. The highest BCUT2D eigenvalue weighted by atomic mass is 32.1. The van der Waals surface area contributed by atoms with Crippen LogP contribution in [0, 0.1) is 0 Å². The molecule has 0 bridgehead atoms. The lowest BCUT2D eigenvalue weighted by Crippen LogP contribution is -2.46. The number of morpholine rings is 1. The molecule has 0 aliphatic carbocycles. The number of nitrogens with one attached hydrogen (secondary N) is 1. The normalized spacial score (nSPS) is 23.8. The van der Waals surface area contributed by atoms with E-state index in [4.69, 9.17) is 4.74 Å². The molecular formula is C13H22N2OS. The van der Waals surface area contributed by atoms with Gasteiger partial charge in [0.05, 0.1) is 18.8 Å². The van der Waals surface area contributed by atoms with Crippen molar-refractivity contribution in [3.8, 4) is 0 Å². The first-order valence-corrected chi connectivity index (χ1v) is 7.26. The van der Waals surface area contributed by atoms with Gasteiger partial charge in [-0.2, -0.15) is 0 Å². The van der Waals surface area contributed by atoms with E-state index in [1.807, 2.05) is 11.3 Å². The monoisotopic (exact) mass is 254 g/mol. The summed E-state index contributed by atoms with van der Waals surface area (Å²) in [5, 5.41) is 5.76. The molecule has 96 valence electrons. The molecule has 0 radical (unpaired) electrons. The Balaban J connectivity index is 2.03. The van der Waals surface area contributed by atoms with Crippen molar-refractivity contribution in [1.29, 1.82) is 0 Å². The molecule has 1 aliphatic rings. The largest absolute Gasteiger partial charge is 0.374 e. The molecule has 4 heteroatoms. The highest BCUT2D eigenvalue weighted by molar-refractivity contribution is 7.10. The maximum Gasteiger partial charge on any atom is 0.0904 e. The fourth-order valence-corrected chi connectivity index (χ4v) is 3.05. The highest BCUT2D eigenvalue weighted by Gasteiger charge is 2.28. The Labute approximate surface area is 108 Å². The van der Waals surface area contributed by atoms with E-state index in [2.05, 4.69) is 41.7 Å². The van der Waals surface area contributed by atoms with E-state index >= 15 is 0 Å². The molecule has 1 N–H and O–H groups in total. The molecule has 1 saturated heterocycles. The van der Waals surface area contributed by atoms with Crippen LogP contribution in [0.5, 0.6) is 0 Å². The van der Waals surface area contributed by atoms with E-state index in [0.29, 0.717) is 6.04 Å². The van der Waals surface area contributed by atoms with Crippen molar-refractivity contribution >= 4 is 11.3 Å². The second-order valence-electron chi connectivity index (χ2n) is 4.62. The molecule has 1 aliphatic heterocycles. The average Bonchev–Trinajstić information content (AvgIpc) is 2.83. The van der Waals surface area contributed by atoms with Crippen molar-refractivity contribution in [2.45, 2.75) is 25.5 Å². The zero-order valence-electron chi connectivity index (χ0n) is 10.7. The standard InChI is InChI=1S/C13H22N2OS/c1-3-6-14-13(12-5-4-9-17-12)11-10-15(2)7-8-16-11/h4-5,9,11,13-14H,3,6-8,10H2,1-2H3. The summed E-state index contributed by atoms with van der Waals surface area (Å²) in [7, 11) is 2.17. The number of nitrogens with zero attached hydrogens (tertiary/aromatic N) is 1. The van der Waals surface area contributed by atoms with E-state index in [0.717, 1.165) is 32.7 Å². The summed E-state index contributed by atoms with van der Waals surface area (Å²) in [6, 6.07) is 4.67. The van der Waals surface area contributed by atoms with Crippen molar-refractivity contribution < 1.29 is 4.74 Å². The van der Waals surface area contributed by atoms with Crippen LogP contribution < -0.4 is 5.32 Å². The van der Waals surface area contributed by atoms with Crippen molar-refractivity contribution in [3.05, 3.63) is 22.4 Å². The van der Waals surface area contributed by atoms with Crippen LogP contribution in [-0.2, 0) is 4.74 Å². The van der Waals surface area contributed by atoms with Crippen molar-refractivity contribution in [2.75, 3.05) is 33.3 Å². The van der Waals surface area contributed by atoms with Crippen LogP contribution in [0.2, 0.25) is 0 Å². The minimum Gasteiger partial charge on any atom is -0.374 e. The predicted octanol–water partition coefficient (Wildman–Crippen LogP) is 2.12. The smallest absolute Gasteiger partial charge is 0.0904 e. The van der Waals surface area contributed by atoms with Crippen molar-refractivity contribution in [2.24, 2.45) is 0 Å². The molecule has 0 aromatic carbocycles. The Kier molecular flexibility index (Phi) is 4.98. The fraction of sp³-hybridized carbons (Fsp3) is 0.692. The second-order valence-corrected chi connectivity index (χ2v) is 5.60. The lowest BCUT2D eigenvalue weighted by Gasteiger charge is -2.35. The zero-order valence-corrected chi connectivity index (χ0v) is 11.5. The van der Waals surface area contributed by atoms with E-state index < -0.39 is 0 Å². The van der Waals surface area contributed by atoms with Gasteiger partial charge < -0.3 is 15.0 Å². The summed E-state index contributed by atoms with van der Waals surface area (Å²) in [6.07, 6.45) is 1.43. The minimum absolute atomic E-state index is 0.277. The zero-order chi connectivity index (χ0) is 12.1. The summed E-state index contributed by atoms with van der Waals surface area (Å²) in [5.74, 6) is 0. The summed E-state index contributed by atoms with van der Waals surface area (Å²) < 4.78 is 5.93. The molecule has 0 saturated carbocycles. The van der Waals surface area contributed by atoms with Gasteiger partial charge in [0.25, 0.3) is 0 Å². The first-order chi connectivity index (χ1) is 8.31. The molecule has 0 amide bonds. The van der Waals surface area contributed by atoms with Gasteiger partial charge in [-0.1, -0.05) is 13.0 Å². The van der Waals surface area contributed by atoms with Gasteiger partial charge in [-0.25, -0.2) is 0 Å². The Morgan fingerprint density at radius 1 is 1.65 bits per heavy atom. The van der Waals surface area contributed by atoms with Gasteiger partial charge in [0.2, 0.25) is 0 Å². The molecule has 1 aromatic rings. The van der Waals surface area contributed by atoms with E-state index in [1.54, 1.807) is 0 Å². The number of ether oxygens (including phenoxy) is 1. The van der Waals surface area contributed by atoms with Crippen LogP contribution in [0.15, 0.2) is 17.5 Å². The number of hydrogen-bond donors (Lipinski definition) is 1. The van der Waals surface area contributed by atoms with Gasteiger partial charge in [-0.05, 0) is 31.5 Å². The van der Waals surface area contributed by atoms with Gasteiger partial charge in [-0.3, -0.25) is 0 Å². The van der Waals surface area contributed by atoms with Crippen LogP contribution in [0.25, 0.3) is 0 Å². The Morgan fingerprint density at radius 3 is 3.18 bits per heavy atom. The molecule has 2 rings (SSSR count). The molecule has 2 atom stereocenters. The van der Waals surface area contributed by atoms with Crippen molar-refractivity contribution in [1.82, 2.24) is 10.2 Å². The molecule has 1 aromatic heterocycles. The van der Waals surface area contributed by atoms with E-state index in [1.165, 1.54) is 4.88 Å². The number of thiophene rings is 1. The maximum absolute atomic E-state index is 5.93. The summed E-state index contributed by atoms with van der Waals surface area (Å²) in [5.41, 5.74) is 0. The van der Waals surface area contributed by atoms with Gasteiger partial charge in [0.1, 0.15) is 0 Å². The molecule has 2 heterocycles. The highest BCUT2D eigenvalue weighted by Crippen LogP contribution is 2.25. The lowest BCUT2D eigenvalue weighted by atomic mass is 10.1. The first-order valence-electron chi connectivity index (χ1n) is 6.38. The molecule has 17 heavy (non-hydrogen) atoms. The SMILES string of the molecule is CCCNC(c1cccs1)C1CN(C)CCO1. The maximum atomic E-state index is 5.93. The third kappa shape index (κ3) is 3.52. The Hall–Kier alpha value is -0.420. The van der Waals surface area contributed by atoms with Gasteiger partial charge in [0, 0.05) is 18.0 Å².